The van der Waals surface area contributed by atoms with Gasteiger partial charge in [-0.25, -0.2) is 9.36 Å². The number of aryl methyl sites for hydroxylation is 1. The van der Waals surface area contributed by atoms with Crippen LogP contribution in [-0.2, 0) is 23.4 Å². The number of para-hydroxylation sites is 1. The molecule has 0 spiro atoms. The molecule has 3 rings (SSSR count). The maximum Gasteiger partial charge on any atom is 0.459 e. The van der Waals surface area contributed by atoms with Crippen LogP contribution >= 0.6 is 7.75 Å². The Morgan fingerprint density at radius 1 is 1.28 bits per heavy atom. The lowest BCUT2D eigenvalue weighted by Crippen LogP contribution is -2.35. The van der Waals surface area contributed by atoms with Crippen molar-refractivity contribution in [2.45, 2.75) is 32.2 Å². The van der Waals surface area contributed by atoms with Crippen molar-refractivity contribution in [2.24, 2.45) is 0 Å². The van der Waals surface area contributed by atoms with E-state index in [1.54, 1.807) is 49.4 Å². The Morgan fingerprint density at radius 3 is 2.69 bits per heavy atom. The fourth-order valence-corrected chi connectivity index (χ4v) is 4.37. The van der Waals surface area contributed by atoms with Crippen molar-refractivity contribution in [1.29, 1.82) is 0 Å². The minimum absolute atomic E-state index is 0.199. The number of nitrogens with zero attached hydrogens (tertiary/aromatic N) is 1. The van der Waals surface area contributed by atoms with Gasteiger partial charge in [-0.3, -0.25) is 23.7 Å². The van der Waals surface area contributed by atoms with Gasteiger partial charge in [0.05, 0.1) is 13.7 Å². The van der Waals surface area contributed by atoms with Gasteiger partial charge >= 0.3 is 19.4 Å². The number of aromatic amines is 1. The molecule has 1 aromatic heterocycles. The molecule has 0 aliphatic carbocycles. The number of hydrogen-bond donors (Lipinski definition) is 2. The first-order valence-electron chi connectivity index (χ1n) is 9.71. The molecule has 1 aliphatic heterocycles. The minimum atomic E-state index is -4.01. The van der Waals surface area contributed by atoms with Crippen molar-refractivity contribution in [1.82, 2.24) is 14.6 Å². The highest BCUT2D eigenvalue weighted by Crippen LogP contribution is 2.45. The van der Waals surface area contributed by atoms with E-state index >= 15 is 0 Å². The molecule has 0 amide bonds. The zero-order valence-electron chi connectivity index (χ0n) is 17.7. The molecule has 32 heavy (non-hydrogen) atoms. The van der Waals surface area contributed by atoms with Crippen LogP contribution in [0.25, 0.3) is 0 Å². The third-order valence-corrected chi connectivity index (χ3v) is 6.15. The van der Waals surface area contributed by atoms with Crippen molar-refractivity contribution < 1.29 is 27.9 Å². The van der Waals surface area contributed by atoms with E-state index in [1.165, 1.54) is 24.8 Å². The summed E-state index contributed by atoms with van der Waals surface area (Å²) < 4.78 is 36.0. The lowest BCUT2D eigenvalue weighted by Gasteiger charge is -2.24. The molecule has 172 valence electrons. The van der Waals surface area contributed by atoms with Gasteiger partial charge in [0.1, 0.15) is 17.9 Å². The Balaban J connectivity index is 1.69. The number of aromatic nitrogens is 2. The smallest absolute Gasteiger partial charge is 0.459 e. The van der Waals surface area contributed by atoms with Gasteiger partial charge in [-0.05, 0) is 32.1 Å². The molecule has 0 radical (unpaired) electrons. The van der Waals surface area contributed by atoms with E-state index in [4.69, 9.17) is 13.8 Å². The van der Waals surface area contributed by atoms with E-state index in [1.807, 2.05) is 0 Å². The molecule has 0 bridgehead atoms. The molecule has 2 heterocycles. The fourth-order valence-electron chi connectivity index (χ4n) is 2.87. The van der Waals surface area contributed by atoms with E-state index in [9.17, 15) is 18.9 Å². The molecule has 0 saturated heterocycles. The van der Waals surface area contributed by atoms with E-state index < -0.39 is 43.3 Å². The van der Waals surface area contributed by atoms with Crippen LogP contribution in [0.1, 0.15) is 18.7 Å². The first-order chi connectivity index (χ1) is 15.2. The fraction of sp³-hybridized carbons (Fsp3) is 0.350. The molecule has 1 aromatic carbocycles. The summed E-state index contributed by atoms with van der Waals surface area (Å²) in [7, 11) is -2.80. The van der Waals surface area contributed by atoms with Gasteiger partial charge in [-0.2, -0.15) is 5.09 Å². The summed E-state index contributed by atoms with van der Waals surface area (Å²) in [6.45, 7) is 2.83. The van der Waals surface area contributed by atoms with Crippen molar-refractivity contribution in [3.8, 4) is 5.75 Å². The second kappa shape index (κ2) is 10.1. The van der Waals surface area contributed by atoms with Gasteiger partial charge in [-0.15, -0.1) is 0 Å². The van der Waals surface area contributed by atoms with Crippen molar-refractivity contribution in [3.63, 3.8) is 0 Å². The largest absolute Gasteiger partial charge is 0.468 e. The van der Waals surface area contributed by atoms with Crippen LogP contribution in [0.4, 0.5) is 0 Å². The SMILES string of the molecule is COC(=O)[C@@H](C)NP(=O)(OC[C@@H]1C=C[C@H](n2cc(C)c(=O)[nH]c2=O)O1)Oc1ccccc1. The maximum atomic E-state index is 13.3. The summed E-state index contributed by atoms with van der Waals surface area (Å²) in [6, 6.07) is 7.37. The molecule has 1 aliphatic rings. The molecular weight excluding hydrogens is 441 g/mol. The second-order valence-electron chi connectivity index (χ2n) is 7.00. The quantitative estimate of drug-likeness (QED) is 0.322. The number of hydrogen-bond acceptors (Lipinski definition) is 8. The monoisotopic (exact) mass is 465 g/mol. The Bertz CT molecular complexity index is 1140. The Kier molecular flexibility index (Phi) is 7.47. The number of carbonyl (C=O) groups is 1. The summed E-state index contributed by atoms with van der Waals surface area (Å²) in [5, 5.41) is 2.54. The number of rotatable bonds is 9. The minimum Gasteiger partial charge on any atom is -0.468 e. The number of methoxy groups -OCH3 is 1. The molecular formula is C20H24N3O8P. The second-order valence-corrected chi connectivity index (χ2v) is 8.69. The molecule has 12 heteroatoms. The third-order valence-electron chi connectivity index (χ3n) is 4.51. The molecule has 1 unspecified atom stereocenters. The highest BCUT2D eigenvalue weighted by atomic mass is 31.2. The molecule has 0 saturated carbocycles. The van der Waals surface area contributed by atoms with Crippen molar-refractivity contribution in [2.75, 3.05) is 13.7 Å². The van der Waals surface area contributed by atoms with E-state index in [0.29, 0.717) is 5.56 Å². The summed E-state index contributed by atoms with van der Waals surface area (Å²) in [5.41, 5.74) is -0.746. The zero-order valence-corrected chi connectivity index (χ0v) is 18.6. The zero-order chi connectivity index (χ0) is 23.3. The first-order valence-corrected chi connectivity index (χ1v) is 11.3. The lowest BCUT2D eigenvalue weighted by atomic mass is 10.3. The number of carbonyl (C=O) groups excluding carboxylic acids is 1. The number of benzene rings is 1. The van der Waals surface area contributed by atoms with Gasteiger partial charge in [0.2, 0.25) is 0 Å². The van der Waals surface area contributed by atoms with Gasteiger partial charge < -0.3 is 14.0 Å². The Hall–Kier alpha value is -2.98. The highest BCUT2D eigenvalue weighted by molar-refractivity contribution is 7.52. The van der Waals surface area contributed by atoms with Crippen molar-refractivity contribution >= 4 is 13.7 Å². The standard InChI is InChI=1S/C20H24N3O8P/c1-13-11-23(20(26)21-18(13)24)17-10-9-16(30-17)12-29-32(27,22-14(2)19(25)28-3)31-15-7-5-4-6-8-15/h4-11,14,16-17H,12H2,1-3H3,(H,22,27)(H,21,24,26)/t14-,16+,17-,32?/m1/s1. The molecule has 4 atom stereocenters. The third kappa shape index (κ3) is 5.83. The average molecular weight is 465 g/mol. The lowest BCUT2D eigenvalue weighted by molar-refractivity contribution is -0.142. The number of H-pyrrole nitrogens is 1. The van der Waals surface area contributed by atoms with Crippen molar-refractivity contribution in [3.05, 3.63) is 75.1 Å². The molecule has 11 nitrogen and oxygen atoms in total. The van der Waals surface area contributed by atoms with Crippen LogP contribution in [0, 0.1) is 6.92 Å². The normalized spacial score (nSPS) is 20.5. The predicted octanol–water partition coefficient (Wildman–Crippen LogP) is 1.65. The number of ether oxygens (including phenoxy) is 2. The van der Waals surface area contributed by atoms with Gasteiger partial charge in [0, 0.05) is 11.8 Å². The molecule has 2 N–H and O–H groups in total. The Morgan fingerprint density at radius 2 is 2.00 bits per heavy atom. The number of nitrogens with one attached hydrogen (secondary N) is 2. The van der Waals surface area contributed by atoms with E-state index in [-0.39, 0.29) is 12.4 Å². The van der Waals surface area contributed by atoms with Crippen LogP contribution in [0.5, 0.6) is 5.75 Å². The van der Waals surface area contributed by atoms with Crippen LogP contribution in [-0.4, -0.2) is 41.4 Å². The summed E-state index contributed by atoms with van der Waals surface area (Å²) in [6.07, 6.45) is 3.20. The van der Waals surface area contributed by atoms with Crippen LogP contribution in [0.2, 0.25) is 0 Å². The van der Waals surface area contributed by atoms with Crippen LogP contribution in [0.15, 0.2) is 58.3 Å². The molecule has 0 fully saturated rings. The highest BCUT2D eigenvalue weighted by Gasteiger charge is 2.34. The first kappa shape index (κ1) is 23.7. The van der Waals surface area contributed by atoms with Gasteiger partial charge in [0.15, 0.2) is 6.23 Å². The predicted molar refractivity (Wildman–Crippen MR) is 114 cm³/mol. The summed E-state index contributed by atoms with van der Waals surface area (Å²) >= 11 is 0. The maximum absolute atomic E-state index is 13.3. The average Bonchev–Trinajstić information content (AvgIpc) is 3.23. The topological polar surface area (TPSA) is 138 Å². The van der Waals surface area contributed by atoms with Crippen LogP contribution < -0.4 is 20.9 Å². The van der Waals surface area contributed by atoms with E-state index in [0.717, 1.165) is 0 Å². The Labute approximate surface area is 183 Å². The summed E-state index contributed by atoms with van der Waals surface area (Å²) in [4.78, 5) is 37.6. The molecule has 2 aromatic rings. The van der Waals surface area contributed by atoms with Crippen LogP contribution in [0.3, 0.4) is 0 Å². The van der Waals surface area contributed by atoms with E-state index in [2.05, 4.69) is 14.8 Å². The van der Waals surface area contributed by atoms with Gasteiger partial charge in [0.25, 0.3) is 5.56 Å². The summed E-state index contributed by atoms with van der Waals surface area (Å²) in [5.74, 6) is -0.369. The number of esters is 1. The van der Waals surface area contributed by atoms with Gasteiger partial charge in [-0.1, -0.05) is 24.3 Å².